The number of fused-ring (bicyclic) bond motifs is 13. The Morgan fingerprint density at radius 1 is 0.930 bits per heavy atom. The highest BCUT2D eigenvalue weighted by atomic mass is 16.6. The molecule has 8 heteroatoms. The molecule has 2 N–H and O–H groups in total. The average molecular weight is 571 g/mol. The lowest BCUT2D eigenvalue weighted by molar-refractivity contribution is -0.264. The molecule has 0 aliphatic carbocycles. The first-order chi connectivity index (χ1) is 20.9. The number of likely N-dealkylation sites (N-methyl/N-ethyl adjacent to an activating group) is 1. The second-order valence-electron chi connectivity index (χ2n) is 12.0. The molecule has 2 bridgehead atoms. The Balaban J connectivity index is 1.44. The van der Waals surface area contributed by atoms with Crippen LogP contribution in [0.2, 0.25) is 0 Å². The van der Waals surface area contributed by atoms with Crippen LogP contribution in [0.5, 0.6) is 5.88 Å². The Morgan fingerprint density at radius 2 is 1.60 bits per heavy atom. The average Bonchev–Trinajstić information content (AvgIpc) is 3.68. The smallest absolute Gasteiger partial charge is 0.253 e. The molecule has 5 heterocycles. The Bertz CT molecular complexity index is 2280. The molecular weight excluding hydrogens is 540 g/mol. The molecule has 0 radical (unpaired) electrons. The molecule has 4 aromatic carbocycles. The van der Waals surface area contributed by atoms with Crippen molar-refractivity contribution in [3.8, 4) is 5.88 Å². The van der Waals surface area contributed by atoms with E-state index in [9.17, 15) is 9.90 Å². The van der Waals surface area contributed by atoms with Crippen molar-refractivity contribution in [1.29, 1.82) is 0 Å². The maximum atomic E-state index is 13.9. The van der Waals surface area contributed by atoms with Gasteiger partial charge in [-0.15, -0.1) is 0 Å². The van der Waals surface area contributed by atoms with Gasteiger partial charge in [0.2, 0.25) is 0 Å². The summed E-state index contributed by atoms with van der Waals surface area (Å²) in [7, 11) is 3.58. The maximum absolute atomic E-state index is 13.9. The summed E-state index contributed by atoms with van der Waals surface area (Å²) in [5, 5.41) is 17.1. The van der Waals surface area contributed by atoms with E-state index in [0.29, 0.717) is 12.0 Å². The number of nitrogens with zero attached hydrogens (tertiary/aromatic N) is 3. The normalized spacial score (nSPS) is 23.2. The molecule has 9 rings (SSSR count). The van der Waals surface area contributed by atoms with E-state index in [-0.39, 0.29) is 17.8 Å². The van der Waals surface area contributed by atoms with E-state index in [1.807, 2.05) is 72.7 Å². The zero-order chi connectivity index (χ0) is 29.2. The van der Waals surface area contributed by atoms with Crippen LogP contribution in [-0.2, 0) is 15.2 Å². The van der Waals surface area contributed by atoms with Crippen LogP contribution in [-0.4, -0.2) is 56.3 Å². The Kier molecular flexibility index (Phi) is 4.84. The summed E-state index contributed by atoms with van der Waals surface area (Å²) in [4.78, 5) is 18.8. The van der Waals surface area contributed by atoms with Crippen molar-refractivity contribution in [3.05, 3.63) is 90.6 Å². The first-order valence-electron chi connectivity index (χ1n) is 14.6. The number of hydrogen-bond acceptors (Lipinski definition) is 4. The number of carbonyl (C=O) groups is 1. The van der Waals surface area contributed by atoms with Gasteiger partial charge in [-0.2, -0.15) is 0 Å². The SMILES string of the molecule is CO[C@@H]1[C@H](N(C)C(=O)c2ccccc2)C[C@H]2OC1(C)n1c3ccccc3c3c4c[nH]c(O)c4c4c5ccccc5n2c4c31. The Hall–Kier alpha value is -4.79. The molecule has 2 aliphatic rings. The van der Waals surface area contributed by atoms with E-state index in [4.69, 9.17) is 9.47 Å². The number of nitrogens with one attached hydrogen (secondary N) is 1. The number of para-hydroxylation sites is 2. The maximum Gasteiger partial charge on any atom is 0.253 e. The number of ether oxygens (including phenoxy) is 2. The first-order valence-corrected chi connectivity index (χ1v) is 14.6. The van der Waals surface area contributed by atoms with Crippen LogP contribution in [0.3, 0.4) is 0 Å². The third-order valence-corrected chi connectivity index (χ3v) is 9.91. The predicted octanol–water partition coefficient (Wildman–Crippen LogP) is 6.85. The molecule has 214 valence electrons. The number of H-pyrrole nitrogens is 1. The van der Waals surface area contributed by atoms with Gasteiger partial charge in [0.1, 0.15) is 12.3 Å². The molecular formula is C35H30N4O4. The fourth-order valence-corrected chi connectivity index (χ4v) is 8.20. The van der Waals surface area contributed by atoms with Crippen LogP contribution in [0.15, 0.2) is 85.1 Å². The highest BCUT2D eigenvalue weighted by molar-refractivity contribution is 6.37. The van der Waals surface area contributed by atoms with E-state index in [2.05, 4.69) is 45.3 Å². The molecule has 1 amide bonds. The lowest BCUT2D eigenvalue weighted by atomic mass is 9.91. The summed E-state index contributed by atoms with van der Waals surface area (Å²) >= 11 is 0. The number of aromatic hydroxyl groups is 1. The quantitative estimate of drug-likeness (QED) is 0.243. The number of amides is 1. The fourth-order valence-electron chi connectivity index (χ4n) is 8.20. The summed E-state index contributed by atoms with van der Waals surface area (Å²) < 4.78 is 18.2. The van der Waals surface area contributed by atoms with Gasteiger partial charge in [0, 0.05) is 59.3 Å². The molecule has 7 aromatic rings. The number of carbonyl (C=O) groups excluding carboxylic acids is 1. The second-order valence-corrected chi connectivity index (χ2v) is 12.0. The van der Waals surface area contributed by atoms with Gasteiger partial charge in [-0.25, -0.2) is 0 Å². The number of benzene rings is 4. The summed E-state index contributed by atoms with van der Waals surface area (Å²) in [6, 6.07) is 25.7. The van der Waals surface area contributed by atoms with E-state index < -0.39 is 18.1 Å². The van der Waals surface area contributed by atoms with Crippen molar-refractivity contribution in [2.75, 3.05) is 14.2 Å². The lowest BCUT2D eigenvalue weighted by Crippen LogP contribution is -2.61. The standard InChI is InChI=1S/C35H30N4O4/c1-35-32(42-3)25(37(2)34(41)19-11-5-4-6-12-19)17-26(43-35)38-23-15-9-7-13-20(23)28-29-22(18-36-33(29)40)27-21-14-8-10-16-24(21)39(35)31(27)30(28)38/h4-16,18,25-26,32,36,40H,17H2,1-3H3/t25-,26-,32-,35?/m1/s1. The zero-order valence-corrected chi connectivity index (χ0v) is 24.0. The van der Waals surface area contributed by atoms with E-state index in [1.165, 1.54) is 0 Å². The minimum absolute atomic E-state index is 0.0587. The van der Waals surface area contributed by atoms with Crippen molar-refractivity contribution in [3.63, 3.8) is 0 Å². The van der Waals surface area contributed by atoms with Gasteiger partial charge in [0.05, 0.1) is 33.5 Å². The summed E-state index contributed by atoms with van der Waals surface area (Å²) in [5.74, 6) is 0.0911. The van der Waals surface area contributed by atoms with Crippen molar-refractivity contribution < 1.29 is 19.4 Å². The summed E-state index contributed by atoms with van der Waals surface area (Å²) in [6.45, 7) is 2.09. The molecule has 2 aliphatic heterocycles. The number of aromatic amines is 1. The lowest BCUT2D eigenvalue weighted by Gasteiger charge is -2.50. The summed E-state index contributed by atoms with van der Waals surface area (Å²) in [5.41, 5.74) is 3.72. The topological polar surface area (TPSA) is 84.7 Å². The molecule has 0 spiro atoms. The number of aromatic nitrogens is 3. The molecule has 3 aromatic heterocycles. The number of methoxy groups -OCH3 is 1. The number of hydrogen-bond donors (Lipinski definition) is 2. The minimum Gasteiger partial charge on any atom is -0.494 e. The van der Waals surface area contributed by atoms with Crippen LogP contribution in [0.25, 0.3) is 54.4 Å². The van der Waals surface area contributed by atoms with Crippen LogP contribution < -0.4 is 0 Å². The van der Waals surface area contributed by atoms with Crippen LogP contribution in [0, 0.1) is 0 Å². The largest absolute Gasteiger partial charge is 0.494 e. The van der Waals surface area contributed by atoms with E-state index in [0.717, 1.165) is 54.4 Å². The number of rotatable bonds is 3. The minimum atomic E-state index is -0.978. The summed E-state index contributed by atoms with van der Waals surface area (Å²) in [6.07, 6.45) is 1.54. The van der Waals surface area contributed by atoms with Gasteiger partial charge in [-0.1, -0.05) is 54.6 Å². The highest BCUT2D eigenvalue weighted by Gasteiger charge is 2.54. The van der Waals surface area contributed by atoms with Gasteiger partial charge in [-0.05, 0) is 31.2 Å². The molecule has 0 saturated carbocycles. The predicted molar refractivity (Wildman–Crippen MR) is 167 cm³/mol. The van der Waals surface area contributed by atoms with Crippen molar-refractivity contribution in [2.24, 2.45) is 0 Å². The van der Waals surface area contributed by atoms with E-state index >= 15 is 0 Å². The molecule has 1 fully saturated rings. The van der Waals surface area contributed by atoms with Gasteiger partial charge in [0.15, 0.2) is 11.6 Å². The van der Waals surface area contributed by atoms with Crippen LogP contribution >= 0.6 is 0 Å². The first kappa shape index (κ1) is 24.8. The Labute approximate surface area is 246 Å². The van der Waals surface area contributed by atoms with Gasteiger partial charge in [0.25, 0.3) is 5.91 Å². The molecule has 1 unspecified atom stereocenters. The van der Waals surface area contributed by atoms with Gasteiger partial charge >= 0.3 is 0 Å². The van der Waals surface area contributed by atoms with Gasteiger partial charge < -0.3 is 33.6 Å². The van der Waals surface area contributed by atoms with Crippen molar-refractivity contribution in [1.82, 2.24) is 19.0 Å². The third-order valence-electron chi connectivity index (χ3n) is 9.91. The third kappa shape index (κ3) is 2.94. The second kappa shape index (κ2) is 8.40. The molecule has 1 saturated heterocycles. The van der Waals surface area contributed by atoms with Gasteiger partial charge in [-0.3, -0.25) is 4.79 Å². The fraction of sp³-hybridized carbons (Fsp3) is 0.229. The van der Waals surface area contributed by atoms with Crippen LogP contribution in [0.4, 0.5) is 0 Å². The zero-order valence-electron chi connectivity index (χ0n) is 24.0. The molecule has 43 heavy (non-hydrogen) atoms. The van der Waals surface area contributed by atoms with Crippen molar-refractivity contribution in [2.45, 2.75) is 37.4 Å². The highest BCUT2D eigenvalue weighted by Crippen LogP contribution is 2.55. The Morgan fingerprint density at radius 3 is 2.35 bits per heavy atom. The molecule has 8 nitrogen and oxygen atoms in total. The monoisotopic (exact) mass is 570 g/mol. The van der Waals surface area contributed by atoms with E-state index in [1.54, 1.807) is 7.11 Å². The van der Waals surface area contributed by atoms with Crippen molar-refractivity contribution >= 4 is 60.3 Å². The van der Waals surface area contributed by atoms with Crippen LogP contribution in [0.1, 0.15) is 29.9 Å². The molecule has 4 atom stereocenters.